The number of methoxy groups -OCH3 is 1. The highest BCUT2D eigenvalue weighted by atomic mass is 16.5. The maximum absolute atomic E-state index is 12.0. The quantitative estimate of drug-likeness (QED) is 0.844. The van der Waals surface area contributed by atoms with Gasteiger partial charge >= 0.3 is 0 Å². The number of carbonyl (C=O) groups is 1. The van der Waals surface area contributed by atoms with Crippen molar-refractivity contribution in [1.82, 2.24) is 10.6 Å². The molecule has 4 nitrogen and oxygen atoms in total. The molecule has 4 heteroatoms. The molecule has 0 radical (unpaired) electrons. The molecule has 2 atom stereocenters. The SMILES string of the molecule is COc1ccc(CNC(=O)C2NCCC2C)cc1. The molecule has 1 amide bonds. The molecule has 1 saturated heterocycles. The third-order valence-electron chi connectivity index (χ3n) is 3.44. The monoisotopic (exact) mass is 248 g/mol. The summed E-state index contributed by atoms with van der Waals surface area (Å²) in [5.74, 6) is 1.34. The number of amides is 1. The third kappa shape index (κ3) is 3.01. The van der Waals surface area contributed by atoms with Crippen molar-refractivity contribution in [2.75, 3.05) is 13.7 Å². The van der Waals surface area contributed by atoms with Gasteiger partial charge in [0, 0.05) is 6.54 Å². The Kier molecular flexibility index (Phi) is 4.20. The number of rotatable bonds is 4. The van der Waals surface area contributed by atoms with Crippen LogP contribution in [0.2, 0.25) is 0 Å². The molecule has 1 fully saturated rings. The van der Waals surface area contributed by atoms with Crippen molar-refractivity contribution in [3.8, 4) is 5.75 Å². The number of hydrogen-bond donors (Lipinski definition) is 2. The van der Waals surface area contributed by atoms with E-state index < -0.39 is 0 Å². The van der Waals surface area contributed by atoms with Crippen molar-refractivity contribution in [3.63, 3.8) is 0 Å². The van der Waals surface area contributed by atoms with Crippen LogP contribution in [-0.4, -0.2) is 25.6 Å². The highest BCUT2D eigenvalue weighted by Crippen LogP contribution is 2.15. The lowest BCUT2D eigenvalue weighted by Gasteiger charge is -2.15. The average molecular weight is 248 g/mol. The maximum Gasteiger partial charge on any atom is 0.237 e. The number of benzene rings is 1. The van der Waals surface area contributed by atoms with Crippen molar-refractivity contribution >= 4 is 5.91 Å². The van der Waals surface area contributed by atoms with Crippen LogP contribution < -0.4 is 15.4 Å². The Labute approximate surface area is 108 Å². The molecule has 0 aliphatic carbocycles. The Morgan fingerprint density at radius 3 is 2.72 bits per heavy atom. The Morgan fingerprint density at radius 2 is 2.17 bits per heavy atom. The summed E-state index contributed by atoms with van der Waals surface area (Å²) < 4.78 is 5.09. The van der Waals surface area contributed by atoms with Gasteiger partial charge in [0.2, 0.25) is 5.91 Å². The fourth-order valence-corrected chi connectivity index (χ4v) is 2.23. The smallest absolute Gasteiger partial charge is 0.237 e. The van der Waals surface area contributed by atoms with Gasteiger partial charge in [0.05, 0.1) is 13.2 Å². The second-order valence-corrected chi connectivity index (χ2v) is 4.76. The first-order valence-corrected chi connectivity index (χ1v) is 6.34. The topological polar surface area (TPSA) is 50.4 Å². The van der Waals surface area contributed by atoms with Gasteiger partial charge in [0.15, 0.2) is 0 Å². The minimum Gasteiger partial charge on any atom is -0.497 e. The molecular formula is C14H20N2O2. The summed E-state index contributed by atoms with van der Waals surface area (Å²) in [4.78, 5) is 12.0. The van der Waals surface area contributed by atoms with Crippen LogP contribution in [-0.2, 0) is 11.3 Å². The summed E-state index contributed by atoms with van der Waals surface area (Å²) in [7, 11) is 1.64. The maximum atomic E-state index is 12.0. The second-order valence-electron chi connectivity index (χ2n) is 4.76. The number of ether oxygens (including phenoxy) is 1. The van der Waals surface area contributed by atoms with E-state index in [2.05, 4.69) is 17.6 Å². The Hall–Kier alpha value is -1.55. The van der Waals surface area contributed by atoms with E-state index in [1.807, 2.05) is 24.3 Å². The van der Waals surface area contributed by atoms with E-state index in [9.17, 15) is 4.79 Å². The van der Waals surface area contributed by atoms with E-state index in [0.29, 0.717) is 12.5 Å². The van der Waals surface area contributed by atoms with Gasteiger partial charge in [-0.25, -0.2) is 0 Å². The number of nitrogens with one attached hydrogen (secondary N) is 2. The highest BCUT2D eigenvalue weighted by Gasteiger charge is 2.28. The Morgan fingerprint density at radius 1 is 1.44 bits per heavy atom. The third-order valence-corrected chi connectivity index (χ3v) is 3.44. The van der Waals surface area contributed by atoms with Gasteiger partial charge in [-0.2, -0.15) is 0 Å². The van der Waals surface area contributed by atoms with Crippen molar-refractivity contribution < 1.29 is 9.53 Å². The van der Waals surface area contributed by atoms with Crippen molar-refractivity contribution in [3.05, 3.63) is 29.8 Å². The predicted molar refractivity (Wildman–Crippen MR) is 70.4 cm³/mol. The van der Waals surface area contributed by atoms with Crippen LogP contribution >= 0.6 is 0 Å². The lowest BCUT2D eigenvalue weighted by molar-refractivity contribution is -0.123. The first-order valence-electron chi connectivity index (χ1n) is 6.34. The van der Waals surface area contributed by atoms with Gasteiger partial charge in [-0.15, -0.1) is 0 Å². The molecule has 0 saturated carbocycles. The summed E-state index contributed by atoms with van der Waals surface area (Å²) in [6.45, 7) is 3.60. The molecule has 98 valence electrons. The number of hydrogen-bond acceptors (Lipinski definition) is 3. The van der Waals surface area contributed by atoms with Gasteiger partial charge in [-0.3, -0.25) is 4.79 Å². The fraction of sp³-hybridized carbons (Fsp3) is 0.500. The normalized spacial score (nSPS) is 22.8. The average Bonchev–Trinajstić information content (AvgIpc) is 2.83. The van der Waals surface area contributed by atoms with Gasteiger partial charge in [-0.05, 0) is 36.6 Å². The zero-order chi connectivity index (χ0) is 13.0. The molecule has 18 heavy (non-hydrogen) atoms. The lowest BCUT2D eigenvalue weighted by Crippen LogP contribution is -2.42. The number of carbonyl (C=O) groups excluding carboxylic acids is 1. The summed E-state index contributed by atoms with van der Waals surface area (Å²) in [5.41, 5.74) is 1.08. The molecule has 1 aromatic carbocycles. The molecule has 2 rings (SSSR count). The first kappa shape index (κ1) is 12.9. The van der Waals surface area contributed by atoms with Crippen LogP contribution in [0.5, 0.6) is 5.75 Å². The summed E-state index contributed by atoms with van der Waals surface area (Å²) >= 11 is 0. The van der Waals surface area contributed by atoms with Crippen LogP contribution in [0.4, 0.5) is 0 Å². The standard InChI is InChI=1S/C14H20N2O2/c1-10-7-8-15-13(10)14(17)16-9-11-3-5-12(18-2)6-4-11/h3-6,10,13,15H,7-9H2,1-2H3,(H,16,17). The van der Waals surface area contributed by atoms with E-state index in [1.54, 1.807) is 7.11 Å². The molecule has 2 unspecified atom stereocenters. The van der Waals surface area contributed by atoms with E-state index in [0.717, 1.165) is 24.3 Å². The van der Waals surface area contributed by atoms with Gasteiger partial charge in [0.1, 0.15) is 5.75 Å². The van der Waals surface area contributed by atoms with E-state index in [-0.39, 0.29) is 11.9 Å². The second kappa shape index (κ2) is 5.87. The van der Waals surface area contributed by atoms with Crippen molar-refractivity contribution in [2.45, 2.75) is 25.9 Å². The van der Waals surface area contributed by atoms with Crippen LogP contribution in [0, 0.1) is 5.92 Å². The summed E-state index contributed by atoms with van der Waals surface area (Å²) in [6, 6.07) is 7.69. The highest BCUT2D eigenvalue weighted by molar-refractivity contribution is 5.82. The lowest BCUT2D eigenvalue weighted by atomic mass is 10.0. The first-order chi connectivity index (χ1) is 8.70. The summed E-state index contributed by atoms with van der Waals surface area (Å²) in [5, 5.41) is 6.20. The minimum absolute atomic E-state index is 0.0387. The molecular weight excluding hydrogens is 228 g/mol. The molecule has 0 bridgehead atoms. The van der Waals surface area contributed by atoms with Crippen LogP contribution in [0.25, 0.3) is 0 Å². The van der Waals surface area contributed by atoms with E-state index >= 15 is 0 Å². The van der Waals surface area contributed by atoms with E-state index in [4.69, 9.17) is 4.74 Å². The minimum atomic E-state index is -0.0387. The van der Waals surface area contributed by atoms with Gasteiger partial charge in [0.25, 0.3) is 0 Å². The van der Waals surface area contributed by atoms with Crippen LogP contribution in [0.15, 0.2) is 24.3 Å². The molecule has 2 N–H and O–H groups in total. The predicted octanol–water partition coefficient (Wildman–Crippen LogP) is 1.31. The summed E-state index contributed by atoms with van der Waals surface area (Å²) in [6.07, 6.45) is 1.07. The molecule has 1 aliphatic rings. The molecule has 1 heterocycles. The molecule has 1 aliphatic heterocycles. The van der Waals surface area contributed by atoms with E-state index in [1.165, 1.54) is 0 Å². The Balaban J connectivity index is 1.85. The molecule has 0 aromatic heterocycles. The largest absolute Gasteiger partial charge is 0.497 e. The van der Waals surface area contributed by atoms with Gasteiger partial charge < -0.3 is 15.4 Å². The molecule has 1 aromatic rings. The van der Waals surface area contributed by atoms with Gasteiger partial charge in [-0.1, -0.05) is 19.1 Å². The Bertz CT molecular complexity index is 403. The van der Waals surface area contributed by atoms with Crippen LogP contribution in [0.1, 0.15) is 18.9 Å². The van der Waals surface area contributed by atoms with Crippen molar-refractivity contribution in [2.24, 2.45) is 5.92 Å². The zero-order valence-electron chi connectivity index (χ0n) is 10.9. The molecule has 0 spiro atoms. The van der Waals surface area contributed by atoms with Crippen molar-refractivity contribution in [1.29, 1.82) is 0 Å². The van der Waals surface area contributed by atoms with Crippen LogP contribution in [0.3, 0.4) is 0 Å². The fourth-order valence-electron chi connectivity index (χ4n) is 2.23. The zero-order valence-corrected chi connectivity index (χ0v) is 10.9.